The number of hydrogen-bond acceptors (Lipinski definition) is 2. The van der Waals surface area contributed by atoms with Crippen LogP contribution in [0.2, 0.25) is 0 Å². The van der Waals surface area contributed by atoms with Crippen LogP contribution in [0.5, 0.6) is 0 Å². The first-order chi connectivity index (χ1) is 24.8. The van der Waals surface area contributed by atoms with Gasteiger partial charge in [0.2, 0.25) is 0 Å². The number of furan rings is 1. The van der Waals surface area contributed by atoms with Crippen molar-refractivity contribution in [2.75, 3.05) is 4.90 Å². The van der Waals surface area contributed by atoms with Gasteiger partial charge in [-0.2, -0.15) is 0 Å². The molecule has 3 nitrogen and oxygen atoms in total. The predicted octanol–water partition coefficient (Wildman–Crippen LogP) is 13.1. The fraction of sp³-hybridized carbons (Fsp3) is 0.125. The van der Waals surface area contributed by atoms with Crippen LogP contribution in [0.15, 0.2) is 150 Å². The fourth-order valence-electron chi connectivity index (χ4n) is 9.44. The molecule has 51 heavy (non-hydrogen) atoms. The number of nitrogens with zero attached hydrogens (tertiary/aromatic N) is 2. The Balaban J connectivity index is 1.11. The highest BCUT2D eigenvalue weighted by molar-refractivity contribution is 6.23. The number of rotatable bonds is 2. The first-order valence-electron chi connectivity index (χ1n) is 17.9. The van der Waals surface area contributed by atoms with E-state index >= 15 is 0 Å². The second-order valence-corrected chi connectivity index (χ2v) is 15.4. The van der Waals surface area contributed by atoms with Crippen molar-refractivity contribution >= 4 is 60.8 Å². The van der Waals surface area contributed by atoms with Gasteiger partial charge >= 0.3 is 0 Å². The molecule has 11 rings (SSSR count). The Labute approximate surface area is 297 Å². The number of hydrogen-bond donors (Lipinski definition) is 0. The first kappa shape index (κ1) is 28.7. The maximum absolute atomic E-state index is 6.55. The van der Waals surface area contributed by atoms with Crippen molar-refractivity contribution < 1.29 is 4.42 Å². The van der Waals surface area contributed by atoms with Gasteiger partial charge in [-0.05, 0) is 100 Å². The molecule has 2 aliphatic rings. The van der Waals surface area contributed by atoms with Crippen LogP contribution in [0.3, 0.4) is 0 Å². The molecular weight excluding hydrogens is 621 g/mol. The summed E-state index contributed by atoms with van der Waals surface area (Å²) in [6.07, 6.45) is 0. The molecule has 0 saturated heterocycles. The van der Waals surface area contributed by atoms with Crippen LogP contribution in [0.4, 0.5) is 17.1 Å². The monoisotopic (exact) mass is 656 g/mol. The van der Waals surface area contributed by atoms with Gasteiger partial charge < -0.3 is 13.9 Å². The summed E-state index contributed by atoms with van der Waals surface area (Å²) in [5, 5.41) is 4.65. The van der Waals surface area contributed by atoms with Gasteiger partial charge in [-0.1, -0.05) is 107 Å². The molecule has 1 aliphatic carbocycles. The minimum atomic E-state index is -0.163. The standard InChI is InChI=1S/C48H36N2O/c1-47(2)36-16-8-5-13-31(36)35-27-39-43(28-38(35)47)50(41-19-11-9-17-37(41)48(39,3)4)30-23-21-29(22-24-30)49-40-18-10-6-15-34(40)45-42(49)26-25-33-32-14-7-12-20-44(32)51-46(33)45/h5-28H,1-4H3. The molecule has 3 heteroatoms. The number of para-hydroxylation sites is 3. The third kappa shape index (κ3) is 3.68. The largest absolute Gasteiger partial charge is 0.455 e. The van der Waals surface area contributed by atoms with Crippen LogP contribution in [-0.2, 0) is 10.8 Å². The summed E-state index contributed by atoms with van der Waals surface area (Å²) in [4.78, 5) is 2.49. The van der Waals surface area contributed by atoms with Crippen LogP contribution < -0.4 is 4.90 Å². The summed E-state index contributed by atoms with van der Waals surface area (Å²) < 4.78 is 8.94. The lowest BCUT2D eigenvalue weighted by molar-refractivity contribution is 0.627. The highest BCUT2D eigenvalue weighted by atomic mass is 16.3. The van der Waals surface area contributed by atoms with Crippen LogP contribution in [-0.4, -0.2) is 4.57 Å². The van der Waals surface area contributed by atoms with E-state index in [1.54, 1.807) is 0 Å². The average molecular weight is 657 g/mol. The van der Waals surface area contributed by atoms with E-state index < -0.39 is 0 Å². The van der Waals surface area contributed by atoms with E-state index in [-0.39, 0.29) is 10.8 Å². The van der Waals surface area contributed by atoms with Gasteiger partial charge in [0.1, 0.15) is 11.2 Å². The third-order valence-electron chi connectivity index (χ3n) is 12.0. The number of anilines is 3. The molecule has 0 fully saturated rings. The summed E-state index contributed by atoms with van der Waals surface area (Å²) >= 11 is 0. The van der Waals surface area contributed by atoms with Gasteiger partial charge in [0.25, 0.3) is 0 Å². The summed E-state index contributed by atoms with van der Waals surface area (Å²) in [7, 11) is 0. The summed E-state index contributed by atoms with van der Waals surface area (Å²) in [6.45, 7) is 9.50. The molecule has 0 saturated carbocycles. The van der Waals surface area contributed by atoms with Crippen LogP contribution in [0.1, 0.15) is 49.9 Å². The van der Waals surface area contributed by atoms with E-state index in [9.17, 15) is 0 Å². The minimum absolute atomic E-state index is 0.0839. The molecule has 0 N–H and O–H groups in total. The second kappa shape index (κ2) is 9.80. The van der Waals surface area contributed by atoms with Gasteiger partial charge in [0.15, 0.2) is 0 Å². The van der Waals surface area contributed by atoms with Crippen molar-refractivity contribution in [3.63, 3.8) is 0 Å². The number of benzene rings is 7. The fourth-order valence-corrected chi connectivity index (χ4v) is 9.44. The lowest BCUT2D eigenvalue weighted by atomic mass is 9.72. The molecule has 0 amide bonds. The summed E-state index contributed by atoms with van der Waals surface area (Å²) in [6, 6.07) is 53.5. The van der Waals surface area contributed by atoms with Crippen LogP contribution in [0.25, 0.3) is 60.6 Å². The summed E-state index contributed by atoms with van der Waals surface area (Å²) in [5.74, 6) is 0. The Morgan fingerprint density at radius 3 is 1.96 bits per heavy atom. The SMILES string of the molecule is CC1(C)c2ccccc2-c2cc3c(cc21)N(c1ccc(-n2c4ccccc4c4c5oc6ccccc6c5ccc42)cc1)c1ccccc1C3(C)C. The van der Waals surface area contributed by atoms with E-state index in [2.05, 4.69) is 177 Å². The van der Waals surface area contributed by atoms with Crippen molar-refractivity contribution in [1.82, 2.24) is 4.57 Å². The smallest absolute Gasteiger partial charge is 0.145 e. The van der Waals surface area contributed by atoms with Gasteiger partial charge in [-0.15, -0.1) is 0 Å². The lowest BCUT2D eigenvalue weighted by Gasteiger charge is -2.43. The zero-order chi connectivity index (χ0) is 34.2. The molecule has 0 unspecified atom stereocenters. The van der Waals surface area contributed by atoms with Gasteiger partial charge in [-0.3, -0.25) is 0 Å². The first-order valence-corrected chi connectivity index (χ1v) is 17.9. The van der Waals surface area contributed by atoms with Crippen molar-refractivity contribution in [3.8, 4) is 16.8 Å². The maximum atomic E-state index is 6.55. The van der Waals surface area contributed by atoms with Gasteiger partial charge in [0.05, 0.1) is 27.8 Å². The minimum Gasteiger partial charge on any atom is -0.455 e. The lowest BCUT2D eigenvalue weighted by Crippen LogP contribution is -2.31. The molecule has 0 bridgehead atoms. The molecule has 2 aromatic heterocycles. The highest BCUT2D eigenvalue weighted by Gasteiger charge is 2.42. The second-order valence-electron chi connectivity index (χ2n) is 15.4. The topological polar surface area (TPSA) is 21.3 Å². The van der Waals surface area contributed by atoms with Crippen molar-refractivity contribution in [2.45, 2.75) is 38.5 Å². The van der Waals surface area contributed by atoms with Crippen molar-refractivity contribution in [1.29, 1.82) is 0 Å². The zero-order valence-electron chi connectivity index (χ0n) is 29.2. The van der Waals surface area contributed by atoms with E-state index in [0.717, 1.165) is 44.2 Å². The highest BCUT2D eigenvalue weighted by Crippen LogP contribution is 2.57. The quantitative estimate of drug-likeness (QED) is 0.185. The molecule has 9 aromatic rings. The van der Waals surface area contributed by atoms with Gasteiger partial charge in [0, 0.05) is 38.4 Å². The Morgan fingerprint density at radius 2 is 1.12 bits per heavy atom. The van der Waals surface area contributed by atoms with Crippen LogP contribution >= 0.6 is 0 Å². The summed E-state index contributed by atoms with van der Waals surface area (Å²) in [5.41, 5.74) is 16.9. The Hall–Kier alpha value is -6.06. The molecule has 0 atom stereocenters. The van der Waals surface area contributed by atoms with E-state index in [1.807, 2.05) is 6.07 Å². The average Bonchev–Trinajstić information content (AvgIpc) is 3.77. The number of fused-ring (bicyclic) bond motifs is 12. The van der Waals surface area contributed by atoms with E-state index in [4.69, 9.17) is 4.42 Å². The van der Waals surface area contributed by atoms with Gasteiger partial charge in [-0.25, -0.2) is 0 Å². The van der Waals surface area contributed by atoms with Crippen LogP contribution in [0, 0.1) is 0 Å². The Morgan fingerprint density at radius 1 is 0.451 bits per heavy atom. The van der Waals surface area contributed by atoms with E-state index in [0.29, 0.717) is 0 Å². The number of aromatic nitrogens is 1. The third-order valence-corrected chi connectivity index (χ3v) is 12.0. The molecule has 7 aromatic carbocycles. The Bertz CT molecular complexity index is 2920. The molecule has 3 heterocycles. The molecule has 1 aliphatic heterocycles. The van der Waals surface area contributed by atoms with Crippen molar-refractivity contribution in [2.24, 2.45) is 0 Å². The Kier molecular flexibility index (Phi) is 5.52. The zero-order valence-corrected chi connectivity index (χ0v) is 29.2. The van der Waals surface area contributed by atoms with Crippen molar-refractivity contribution in [3.05, 3.63) is 168 Å². The van der Waals surface area contributed by atoms with E-state index in [1.165, 1.54) is 55.7 Å². The molecule has 0 spiro atoms. The molecular formula is C48H36N2O. The maximum Gasteiger partial charge on any atom is 0.145 e. The normalized spacial score (nSPS) is 15.3. The predicted molar refractivity (Wildman–Crippen MR) is 212 cm³/mol. The molecule has 0 radical (unpaired) electrons. The molecule has 244 valence electrons.